The Balaban J connectivity index is 2.00. The summed E-state index contributed by atoms with van der Waals surface area (Å²) in [7, 11) is 0. The Labute approximate surface area is 119 Å². The third kappa shape index (κ3) is 3.55. The van der Waals surface area contributed by atoms with E-state index in [1.807, 2.05) is 0 Å². The summed E-state index contributed by atoms with van der Waals surface area (Å²) in [5, 5.41) is 14.1. The van der Waals surface area contributed by atoms with Crippen LogP contribution in [0.1, 0.15) is 17.4 Å². The van der Waals surface area contributed by atoms with Crippen LogP contribution in [-0.4, -0.2) is 43.4 Å². The molecule has 10 heteroatoms. The minimum atomic E-state index is -0.636. The molecule has 0 fully saturated rings. The molecule has 0 aromatic carbocycles. The van der Waals surface area contributed by atoms with Gasteiger partial charge in [-0.25, -0.2) is 4.79 Å². The first-order valence-corrected chi connectivity index (χ1v) is 6.19. The summed E-state index contributed by atoms with van der Waals surface area (Å²) in [6.07, 6.45) is 0.671. The number of aryl methyl sites for hydroxylation is 1. The smallest absolute Gasteiger partial charge is 0.412 e. The summed E-state index contributed by atoms with van der Waals surface area (Å²) in [6.45, 7) is 3.51. The molecule has 0 aliphatic rings. The Bertz CT molecular complexity index is 661. The average molecular weight is 293 g/mol. The lowest BCUT2D eigenvalue weighted by molar-refractivity contribution is 0.0867. The zero-order chi connectivity index (χ0) is 15.4. The van der Waals surface area contributed by atoms with E-state index in [1.54, 1.807) is 19.9 Å². The second-order valence-electron chi connectivity index (χ2n) is 4.12. The maximum atomic E-state index is 12.0. The molecule has 2 heterocycles. The van der Waals surface area contributed by atoms with Crippen LogP contribution in [0.3, 0.4) is 0 Å². The molecule has 21 heavy (non-hydrogen) atoms. The number of nitrogen functional groups attached to an aromatic ring is 1. The van der Waals surface area contributed by atoms with Crippen molar-refractivity contribution in [1.82, 2.24) is 24.8 Å². The van der Waals surface area contributed by atoms with Crippen LogP contribution in [0, 0.1) is 6.92 Å². The van der Waals surface area contributed by atoms with Crippen LogP contribution in [0.25, 0.3) is 0 Å². The van der Waals surface area contributed by atoms with Crippen LogP contribution < -0.4 is 11.1 Å². The van der Waals surface area contributed by atoms with Crippen molar-refractivity contribution >= 4 is 23.6 Å². The fourth-order valence-electron chi connectivity index (χ4n) is 1.61. The summed E-state index contributed by atoms with van der Waals surface area (Å²) in [5.41, 5.74) is 6.29. The van der Waals surface area contributed by atoms with Crippen LogP contribution >= 0.6 is 0 Å². The number of nitrogens with one attached hydrogen (secondary N) is 1. The van der Waals surface area contributed by atoms with Crippen molar-refractivity contribution in [3.05, 3.63) is 18.0 Å². The predicted octanol–water partition coefficient (Wildman–Crippen LogP) is 0.274. The molecule has 2 aromatic rings. The van der Waals surface area contributed by atoms with Gasteiger partial charge in [-0.05, 0) is 13.8 Å². The molecule has 1 amide bonds. The number of hydrogen-bond donors (Lipinski definition) is 2. The van der Waals surface area contributed by atoms with E-state index >= 15 is 0 Å². The lowest BCUT2D eigenvalue weighted by Crippen LogP contribution is -2.22. The van der Waals surface area contributed by atoms with Crippen molar-refractivity contribution in [3.8, 4) is 0 Å². The number of nitrogens with zero attached hydrogens (tertiary/aromatic N) is 5. The fraction of sp³-hybridized carbons (Fsp3) is 0.364. The highest BCUT2D eigenvalue weighted by Crippen LogP contribution is 2.06. The fourth-order valence-corrected chi connectivity index (χ4v) is 1.61. The molecule has 0 saturated heterocycles. The third-order valence-corrected chi connectivity index (χ3v) is 2.41. The molecule has 0 unspecified atom stereocenters. The standard InChI is InChI=1S/C11H15N7O3/c1-3-21-11(20)14-9-5-13-17(16-9)6-10(19)18-8(12)4-7(2)15-18/h4-5H,3,6,12H2,1-2H3,(H,14,16,20). The van der Waals surface area contributed by atoms with Gasteiger partial charge in [-0.2, -0.15) is 19.7 Å². The van der Waals surface area contributed by atoms with E-state index in [9.17, 15) is 9.59 Å². The van der Waals surface area contributed by atoms with Gasteiger partial charge in [-0.1, -0.05) is 0 Å². The van der Waals surface area contributed by atoms with Crippen LogP contribution in [-0.2, 0) is 11.3 Å². The second kappa shape index (κ2) is 6.03. The van der Waals surface area contributed by atoms with E-state index in [1.165, 1.54) is 6.20 Å². The van der Waals surface area contributed by atoms with Crippen LogP contribution in [0.4, 0.5) is 16.4 Å². The summed E-state index contributed by atoms with van der Waals surface area (Å²) in [6, 6.07) is 1.59. The number of amides is 1. The van der Waals surface area contributed by atoms with E-state index < -0.39 is 6.09 Å². The summed E-state index contributed by atoms with van der Waals surface area (Å²) < 4.78 is 5.78. The number of rotatable bonds is 4. The highest BCUT2D eigenvalue weighted by Gasteiger charge is 2.13. The number of anilines is 2. The Hall–Kier alpha value is -2.91. The van der Waals surface area contributed by atoms with Crippen molar-refractivity contribution in [3.63, 3.8) is 0 Å². The van der Waals surface area contributed by atoms with Gasteiger partial charge in [0.15, 0.2) is 5.82 Å². The molecule has 0 radical (unpaired) electrons. The van der Waals surface area contributed by atoms with E-state index in [0.29, 0.717) is 5.69 Å². The quantitative estimate of drug-likeness (QED) is 0.827. The molecule has 0 atom stereocenters. The molecule has 0 aliphatic heterocycles. The zero-order valence-electron chi connectivity index (χ0n) is 11.6. The summed E-state index contributed by atoms with van der Waals surface area (Å²) in [4.78, 5) is 24.3. The number of hydrogen-bond acceptors (Lipinski definition) is 7. The maximum absolute atomic E-state index is 12.0. The second-order valence-corrected chi connectivity index (χ2v) is 4.12. The molecular weight excluding hydrogens is 278 g/mol. The Morgan fingerprint density at radius 1 is 1.43 bits per heavy atom. The van der Waals surface area contributed by atoms with Crippen LogP contribution in [0.5, 0.6) is 0 Å². The molecule has 2 aromatic heterocycles. The molecule has 0 bridgehead atoms. The Morgan fingerprint density at radius 3 is 2.81 bits per heavy atom. The van der Waals surface area contributed by atoms with Gasteiger partial charge >= 0.3 is 6.09 Å². The molecule has 112 valence electrons. The molecule has 0 spiro atoms. The lowest BCUT2D eigenvalue weighted by atomic mass is 10.5. The van der Waals surface area contributed by atoms with E-state index in [-0.39, 0.29) is 30.7 Å². The molecule has 10 nitrogen and oxygen atoms in total. The lowest BCUT2D eigenvalue weighted by Gasteiger charge is -2.02. The predicted molar refractivity (Wildman–Crippen MR) is 72.7 cm³/mol. The van der Waals surface area contributed by atoms with E-state index in [4.69, 9.17) is 10.5 Å². The van der Waals surface area contributed by atoms with Crippen LogP contribution in [0.2, 0.25) is 0 Å². The minimum absolute atomic E-state index is 0.157. The third-order valence-electron chi connectivity index (χ3n) is 2.41. The van der Waals surface area contributed by atoms with Gasteiger partial charge in [0.1, 0.15) is 12.4 Å². The SMILES string of the molecule is CCOC(=O)Nc1cnn(CC(=O)n2nc(C)cc2N)n1. The van der Waals surface area contributed by atoms with Crippen molar-refractivity contribution in [2.75, 3.05) is 17.7 Å². The molecule has 2 rings (SSSR count). The van der Waals surface area contributed by atoms with Gasteiger partial charge in [0.25, 0.3) is 5.91 Å². The van der Waals surface area contributed by atoms with Gasteiger partial charge < -0.3 is 10.5 Å². The Kier molecular flexibility index (Phi) is 4.16. The van der Waals surface area contributed by atoms with Gasteiger partial charge in [-0.3, -0.25) is 10.1 Å². The monoisotopic (exact) mass is 293 g/mol. The zero-order valence-corrected chi connectivity index (χ0v) is 11.6. The number of carbonyl (C=O) groups excluding carboxylic acids is 2. The van der Waals surface area contributed by atoms with Crippen LogP contribution in [0.15, 0.2) is 12.3 Å². The largest absolute Gasteiger partial charge is 0.450 e. The first-order chi connectivity index (χ1) is 9.99. The normalized spacial score (nSPS) is 10.4. The maximum Gasteiger partial charge on any atom is 0.412 e. The summed E-state index contributed by atoms with van der Waals surface area (Å²) in [5.74, 6) is 0.0410. The minimum Gasteiger partial charge on any atom is -0.450 e. The van der Waals surface area contributed by atoms with Gasteiger partial charge in [0.05, 0.1) is 18.5 Å². The van der Waals surface area contributed by atoms with Crippen molar-refractivity contribution in [2.45, 2.75) is 20.4 Å². The van der Waals surface area contributed by atoms with E-state index in [2.05, 4.69) is 20.6 Å². The first kappa shape index (κ1) is 14.5. The number of ether oxygens (including phenoxy) is 1. The highest BCUT2D eigenvalue weighted by atomic mass is 16.5. The average Bonchev–Trinajstić information content (AvgIpc) is 2.96. The molecule has 0 saturated carbocycles. The molecule has 3 N–H and O–H groups in total. The first-order valence-electron chi connectivity index (χ1n) is 6.19. The van der Waals surface area contributed by atoms with Crippen molar-refractivity contribution in [2.24, 2.45) is 0 Å². The van der Waals surface area contributed by atoms with Crippen molar-refractivity contribution in [1.29, 1.82) is 0 Å². The molecule has 0 aliphatic carbocycles. The number of aromatic nitrogens is 5. The van der Waals surface area contributed by atoms with Crippen molar-refractivity contribution < 1.29 is 14.3 Å². The van der Waals surface area contributed by atoms with Gasteiger partial charge in [-0.15, -0.1) is 5.10 Å². The van der Waals surface area contributed by atoms with Gasteiger partial charge in [0.2, 0.25) is 0 Å². The number of carbonyl (C=O) groups is 2. The van der Waals surface area contributed by atoms with E-state index in [0.717, 1.165) is 9.48 Å². The summed E-state index contributed by atoms with van der Waals surface area (Å²) >= 11 is 0. The highest BCUT2D eigenvalue weighted by molar-refractivity contribution is 5.83. The molecular formula is C11H15N7O3. The number of nitrogens with two attached hydrogens (primary N) is 1. The Morgan fingerprint density at radius 2 is 2.19 bits per heavy atom. The van der Waals surface area contributed by atoms with Gasteiger partial charge in [0, 0.05) is 6.07 Å². The topological polar surface area (TPSA) is 130 Å².